The van der Waals surface area contributed by atoms with E-state index in [4.69, 9.17) is 6.57 Å². The minimum absolute atomic E-state index is 0.0570. The quantitative estimate of drug-likeness (QED) is 0.410. The summed E-state index contributed by atoms with van der Waals surface area (Å²) in [5, 5.41) is 11.7. The molecular formula is C25H28N2O2S. The van der Waals surface area contributed by atoms with Crippen LogP contribution < -0.4 is 0 Å². The van der Waals surface area contributed by atoms with Gasteiger partial charge in [-0.05, 0) is 60.6 Å². The number of ketones is 1. The van der Waals surface area contributed by atoms with Crippen LogP contribution in [0, 0.1) is 19.4 Å². The lowest BCUT2D eigenvalue weighted by atomic mass is 9.79. The molecule has 0 bridgehead atoms. The van der Waals surface area contributed by atoms with E-state index in [1.807, 2.05) is 6.07 Å². The molecule has 1 aliphatic rings. The minimum Gasteiger partial charge on any atom is -0.512 e. The minimum atomic E-state index is 0.0570. The van der Waals surface area contributed by atoms with Crippen LogP contribution in [-0.4, -0.2) is 21.6 Å². The fourth-order valence-corrected chi connectivity index (χ4v) is 5.09. The maximum Gasteiger partial charge on any atom is 0.205 e. The number of carbonyl (C=O) groups is 1. The van der Waals surface area contributed by atoms with Crippen LogP contribution in [0.4, 0.5) is 5.69 Å². The van der Waals surface area contributed by atoms with Gasteiger partial charge in [-0.25, -0.2) is 4.85 Å². The van der Waals surface area contributed by atoms with E-state index in [2.05, 4.69) is 42.7 Å². The number of carbonyl (C=O) groups excluding carboxylic acids is 1. The fourth-order valence-electron chi connectivity index (χ4n) is 4.14. The first-order valence-corrected chi connectivity index (χ1v) is 11.5. The molecule has 0 amide bonds. The van der Waals surface area contributed by atoms with Crippen LogP contribution in [0.2, 0.25) is 0 Å². The molecular weight excluding hydrogens is 392 g/mol. The lowest BCUT2D eigenvalue weighted by molar-refractivity contribution is -0.115. The standard InChI is InChI=1S/C25H28N2O2S/c1-5-18-11-16(3)12-19(6-2)24(18)25-21(28)13-17(14-22(25)29)9-10-30-23-8-7-20(26-4)15-27-23/h7-8,11-12,15,17,28H,5-6,9-10,13-14H2,1-3H3. The number of pyridine rings is 1. The zero-order valence-corrected chi connectivity index (χ0v) is 18.7. The lowest BCUT2D eigenvalue weighted by Gasteiger charge is -2.26. The number of Topliss-reactive ketones (excluding diaryl/α,β-unsaturated/α-hetero) is 1. The third kappa shape index (κ3) is 4.94. The Bertz CT molecular complexity index is 978. The summed E-state index contributed by atoms with van der Waals surface area (Å²) in [4.78, 5) is 20.7. The molecule has 0 saturated heterocycles. The molecule has 1 heterocycles. The van der Waals surface area contributed by atoms with Crippen molar-refractivity contribution in [2.24, 2.45) is 5.92 Å². The topological polar surface area (TPSA) is 54.5 Å². The van der Waals surface area contributed by atoms with Gasteiger partial charge in [-0.15, -0.1) is 11.8 Å². The van der Waals surface area contributed by atoms with Crippen molar-refractivity contribution in [3.63, 3.8) is 0 Å². The first-order valence-electron chi connectivity index (χ1n) is 10.5. The average molecular weight is 421 g/mol. The van der Waals surface area contributed by atoms with E-state index in [0.717, 1.165) is 46.7 Å². The molecule has 0 radical (unpaired) electrons. The SMILES string of the molecule is [C-]#[N+]c1ccc(SCCC2CC(=O)C(c3c(CC)cc(C)cc3CC)=C(O)C2)nc1. The molecule has 0 saturated carbocycles. The fraction of sp³-hybridized carbons (Fsp3) is 0.400. The van der Waals surface area contributed by atoms with Gasteiger partial charge in [0.2, 0.25) is 5.69 Å². The maximum absolute atomic E-state index is 13.1. The normalized spacial score (nSPS) is 16.6. The zero-order valence-electron chi connectivity index (χ0n) is 17.9. The van der Waals surface area contributed by atoms with E-state index in [9.17, 15) is 9.90 Å². The van der Waals surface area contributed by atoms with Gasteiger partial charge in [0.1, 0.15) is 5.76 Å². The second kappa shape index (κ2) is 9.95. The molecule has 0 aliphatic heterocycles. The summed E-state index contributed by atoms with van der Waals surface area (Å²) in [6, 6.07) is 7.90. The number of aliphatic hydroxyl groups is 1. The predicted molar refractivity (Wildman–Crippen MR) is 123 cm³/mol. The van der Waals surface area contributed by atoms with Crippen molar-refractivity contribution in [2.45, 2.75) is 57.9 Å². The van der Waals surface area contributed by atoms with E-state index in [1.165, 1.54) is 5.56 Å². The number of hydrogen-bond donors (Lipinski definition) is 1. The smallest absolute Gasteiger partial charge is 0.205 e. The van der Waals surface area contributed by atoms with Crippen molar-refractivity contribution >= 4 is 28.8 Å². The van der Waals surface area contributed by atoms with E-state index < -0.39 is 0 Å². The molecule has 156 valence electrons. The van der Waals surface area contributed by atoms with Gasteiger partial charge in [-0.3, -0.25) is 9.78 Å². The molecule has 1 aromatic carbocycles. The van der Waals surface area contributed by atoms with Crippen molar-refractivity contribution in [3.05, 3.63) is 69.9 Å². The molecule has 1 aliphatic carbocycles. The molecule has 1 atom stereocenters. The summed E-state index contributed by atoms with van der Waals surface area (Å²) in [6.45, 7) is 13.3. The van der Waals surface area contributed by atoms with Crippen LogP contribution in [0.1, 0.15) is 55.4 Å². The van der Waals surface area contributed by atoms with Crippen LogP contribution in [-0.2, 0) is 17.6 Å². The van der Waals surface area contributed by atoms with Crippen molar-refractivity contribution in [3.8, 4) is 0 Å². The molecule has 1 aromatic heterocycles. The molecule has 4 nitrogen and oxygen atoms in total. The van der Waals surface area contributed by atoms with Crippen LogP contribution in [0.15, 0.2) is 41.2 Å². The monoisotopic (exact) mass is 420 g/mol. The van der Waals surface area contributed by atoms with Crippen molar-refractivity contribution in [2.75, 3.05) is 5.75 Å². The third-order valence-electron chi connectivity index (χ3n) is 5.61. The number of aryl methyl sites for hydroxylation is 3. The molecule has 1 N–H and O–H groups in total. The first kappa shape index (κ1) is 22.1. The van der Waals surface area contributed by atoms with Crippen LogP contribution in [0.3, 0.4) is 0 Å². The Morgan fingerprint density at radius 2 is 1.90 bits per heavy atom. The summed E-state index contributed by atoms with van der Waals surface area (Å²) in [7, 11) is 0. The second-order valence-corrected chi connectivity index (χ2v) is 8.90. The lowest BCUT2D eigenvalue weighted by Crippen LogP contribution is -2.21. The van der Waals surface area contributed by atoms with Gasteiger partial charge in [-0.2, -0.15) is 0 Å². The summed E-state index contributed by atoms with van der Waals surface area (Å²) < 4.78 is 0. The van der Waals surface area contributed by atoms with Gasteiger partial charge in [0, 0.05) is 19.0 Å². The Hall–Kier alpha value is -2.58. The molecule has 30 heavy (non-hydrogen) atoms. The zero-order chi connectivity index (χ0) is 21.7. The summed E-state index contributed by atoms with van der Waals surface area (Å²) in [5.41, 5.74) is 5.53. The number of thioether (sulfide) groups is 1. The third-order valence-corrected chi connectivity index (χ3v) is 6.58. The van der Waals surface area contributed by atoms with Gasteiger partial charge in [0.05, 0.1) is 17.2 Å². The molecule has 2 aromatic rings. The van der Waals surface area contributed by atoms with E-state index in [-0.39, 0.29) is 17.5 Å². The van der Waals surface area contributed by atoms with Crippen molar-refractivity contribution < 1.29 is 9.90 Å². The Morgan fingerprint density at radius 3 is 2.43 bits per heavy atom. The van der Waals surface area contributed by atoms with Crippen LogP contribution >= 0.6 is 11.8 Å². The Kier molecular flexibility index (Phi) is 7.33. The number of nitrogens with zero attached hydrogens (tertiary/aromatic N) is 2. The Balaban J connectivity index is 1.73. The van der Waals surface area contributed by atoms with Crippen LogP contribution in [0.25, 0.3) is 10.4 Å². The Labute approximate surface area is 183 Å². The van der Waals surface area contributed by atoms with Gasteiger partial charge in [-0.1, -0.05) is 37.6 Å². The second-order valence-electron chi connectivity index (χ2n) is 7.79. The van der Waals surface area contributed by atoms with E-state index >= 15 is 0 Å². The van der Waals surface area contributed by atoms with Gasteiger partial charge >= 0.3 is 0 Å². The Morgan fingerprint density at radius 1 is 1.20 bits per heavy atom. The number of aromatic nitrogens is 1. The molecule has 1 unspecified atom stereocenters. The summed E-state index contributed by atoms with van der Waals surface area (Å²) >= 11 is 1.62. The highest BCUT2D eigenvalue weighted by atomic mass is 32.2. The molecule has 0 spiro atoms. The highest BCUT2D eigenvalue weighted by molar-refractivity contribution is 7.99. The van der Waals surface area contributed by atoms with Gasteiger partial charge in [0.15, 0.2) is 5.78 Å². The summed E-state index contributed by atoms with van der Waals surface area (Å²) in [5.74, 6) is 1.28. The maximum atomic E-state index is 13.1. The number of aliphatic hydroxyl groups excluding tert-OH is 1. The van der Waals surface area contributed by atoms with Crippen molar-refractivity contribution in [1.29, 1.82) is 0 Å². The number of rotatable bonds is 7. The highest BCUT2D eigenvalue weighted by Gasteiger charge is 2.30. The number of hydrogen-bond acceptors (Lipinski definition) is 4. The van der Waals surface area contributed by atoms with Gasteiger partial charge < -0.3 is 5.11 Å². The highest BCUT2D eigenvalue weighted by Crippen LogP contribution is 2.38. The average Bonchev–Trinajstić information content (AvgIpc) is 2.74. The number of allylic oxidation sites excluding steroid dienone is 2. The summed E-state index contributed by atoms with van der Waals surface area (Å²) in [6.07, 6.45) is 5.13. The van der Waals surface area contributed by atoms with Gasteiger partial charge in [0.25, 0.3) is 0 Å². The largest absolute Gasteiger partial charge is 0.512 e. The molecule has 3 rings (SSSR count). The molecule has 5 heteroatoms. The van der Waals surface area contributed by atoms with E-state index in [1.54, 1.807) is 24.0 Å². The van der Waals surface area contributed by atoms with Crippen molar-refractivity contribution in [1.82, 2.24) is 4.98 Å². The molecule has 0 fully saturated rings. The number of benzene rings is 1. The predicted octanol–water partition coefficient (Wildman–Crippen LogP) is 6.50. The van der Waals surface area contributed by atoms with Crippen LogP contribution in [0.5, 0.6) is 0 Å². The van der Waals surface area contributed by atoms with E-state index in [0.29, 0.717) is 24.1 Å². The first-order chi connectivity index (χ1) is 14.5.